The maximum Gasteiger partial charge on any atom is 0.118 e. The summed E-state index contributed by atoms with van der Waals surface area (Å²) in [4.78, 5) is 0. The van der Waals surface area contributed by atoms with Crippen LogP contribution in [0.25, 0.3) is 0 Å². The molecule has 0 amide bonds. The molecular formula is C8H12ClF. The van der Waals surface area contributed by atoms with Gasteiger partial charge in [0, 0.05) is 5.03 Å². The highest BCUT2D eigenvalue weighted by Gasteiger charge is 1.96. The molecule has 0 heterocycles. The van der Waals surface area contributed by atoms with Gasteiger partial charge in [-0.3, -0.25) is 0 Å². The Morgan fingerprint density at radius 2 is 1.90 bits per heavy atom. The van der Waals surface area contributed by atoms with E-state index >= 15 is 0 Å². The molecule has 0 aliphatic carbocycles. The van der Waals surface area contributed by atoms with Gasteiger partial charge in [0.15, 0.2) is 0 Å². The summed E-state index contributed by atoms with van der Waals surface area (Å²) in [7, 11) is 0. The summed E-state index contributed by atoms with van der Waals surface area (Å²) >= 11 is 5.52. The quantitative estimate of drug-likeness (QED) is 0.546. The van der Waals surface area contributed by atoms with Crippen molar-refractivity contribution >= 4 is 11.6 Å². The monoisotopic (exact) mass is 162 g/mol. The average molecular weight is 163 g/mol. The van der Waals surface area contributed by atoms with Crippen molar-refractivity contribution in [3.8, 4) is 0 Å². The molecule has 0 aromatic carbocycles. The maximum absolute atomic E-state index is 12.4. The van der Waals surface area contributed by atoms with Gasteiger partial charge in [-0.1, -0.05) is 17.7 Å². The third kappa shape index (κ3) is 4.57. The van der Waals surface area contributed by atoms with Crippen molar-refractivity contribution in [3.63, 3.8) is 0 Å². The minimum absolute atomic E-state index is 0.667. The Morgan fingerprint density at radius 1 is 1.40 bits per heavy atom. The highest BCUT2D eigenvalue weighted by atomic mass is 35.5. The van der Waals surface area contributed by atoms with Crippen LogP contribution in [0.15, 0.2) is 22.8 Å². The van der Waals surface area contributed by atoms with Crippen molar-refractivity contribution in [3.05, 3.63) is 22.8 Å². The second-order valence-corrected chi connectivity index (χ2v) is 2.88. The van der Waals surface area contributed by atoms with Crippen LogP contribution in [0.4, 0.5) is 4.39 Å². The lowest BCUT2D eigenvalue weighted by Gasteiger charge is -1.97. The fourth-order valence-electron chi connectivity index (χ4n) is 0.379. The molecule has 1 unspecified atom stereocenters. The number of hydrogen-bond acceptors (Lipinski definition) is 0. The molecule has 2 heteroatoms. The summed E-state index contributed by atoms with van der Waals surface area (Å²) in [6.45, 7) is 5.00. The maximum atomic E-state index is 12.4. The Hall–Kier alpha value is -0.300. The van der Waals surface area contributed by atoms with Crippen LogP contribution in [0, 0.1) is 0 Å². The van der Waals surface area contributed by atoms with E-state index in [1.165, 1.54) is 6.92 Å². The molecule has 0 bridgehead atoms. The van der Waals surface area contributed by atoms with E-state index in [-0.39, 0.29) is 0 Å². The highest BCUT2D eigenvalue weighted by Crippen LogP contribution is 2.06. The van der Waals surface area contributed by atoms with E-state index in [2.05, 4.69) is 0 Å². The third-order valence-corrected chi connectivity index (χ3v) is 1.33. The topological polar surface area (TPSA) is 0 Å². The predicted octanol–water partition coefficient (Wildman–Crippen LogP) is 3.43. The predicted molar refractivity (Wildman–Crippen MR) is 43.9 cm³/mol. The summed E-state index contributed by atoms with van der Waals surface area (Å²) in [5.41, 5.74) is 0.694. The van der Waals surface area contributed by atoms with Crippen molar-refractivity contribution in [2.75, 3.05) is 0 Å². The molecular weight excluding hydrogens is 151 g/mol. The van der Waals surface area contributed by atoms with Crippen LogP contribution in [-0.2, 0) is 0 Å². The molecule has 0 nitrogen and oxygen atoms in total. The molecule has 0 fully saturated rings. The second kappa shape index (κ2) is 4.51. The smallest absolute Gasteiger partial charge is 0.118 e. The van der Waals surface area contributed by atoms with Crippen LogP contribution in [0.1, 0.15) is 20.8 Å². The molecule has 0 radical (unpaired) electrons. The Morgan fingerprint density at radius 3 is 2.20 bits per heavy atom. The van der Waals surface area contributed by atoms with Gasteiger partial charge in [-0.2, -0.15) is 0 Å². The largest absolute Gasteiger partial charge is 0.243 e. The zero-order chi connectivity index (χ0) is 8.15. The normalized spacial score (nSPS) is 17.3. The van der Waals surface area contributed by atoms with Gasteiger partial charge in [0.2, 0.25) is 0 Å². The second-order valence-electron chi connectivity index (χ2n) is 2.28. The fraction of sp³-hybridized carbons (Fsp3) is 0.500. The molecule has 0 N–H and O–H groups in total. The fourth-order valence-corrected chi connectivity index (χ4v) is 0.442. The van der Waals surface area contributed by atoms with Crippen molar-refractivity contribution < 1.29 is 4.39 Å². The number of allylic oxidation sites excluding steroid dienone is 4. The van der Waals surface area contributed by atoms with Gasteiger partial charge in [-0.15, -0.1) is 0 Å². The van der Waals surface area contributed by atoms with E-state index in [0.29, 0.717) is 10.6 Å². The van der Waals surface area contributed by atoms with E-state index in [9.17, 15) is 4.39 Å². The first kappa shape index (κ1) is 9.70. The molecule has 10 heavy (non-hydrogen) atoms. The van der Waals surface area contributed by atoms with Gasteiger partial charge in [-0.05, 0) is 32.4 Å². The van der Waals surface area contributed by atoms with Crippen molar-refractivity contribution in [2.24, 2.45) is 0 Å². The van der Waals surface area contributed by atoms with Crippen LogP contribution < -0.4 is 0 Å². The molecule has 0 spiro atoms. The standard InChI is InChI=1S/C8H12ClF/c1-6(8(3)10)4-5-7(2)9/h4-5,8H,1-3H3/b6-4-,7-5+. The van der Waals surface area contributed by atoms with Crippen LogP contribution in [0.5, 0.6) is 0 Å². The summed E-state index contributed by atoms with van der Waals surface area (Å²) in [6.07, 6.45) is 2.49. The zero-order valence-electron chi connectivity index (χ0n) is 6.49. The lowest BCUT2D eigenvalue weighted by atomic mass is 10.2. The molecule has 58 valence electrons. The molecule has 1 atom stereocenters. The van der Waals surface area contributed by atoms with Crippen molar-refractivity contribution in [2.45, 2.75) is 26.9 Å². The first-order valence-electron chi connectivity index (χ1n) is 3.18. The SMILES string of the molecule is C/C(=C/C=C(\C)Cl)C(C)F. The minimum Gasteiger partial charge on any atom is -0.243 e. The number of hydrogen-bond donors (Lipinski definition) is 0. The van der Waals surface area contributed by atoms with Gasteiger partial charge in [-0.25, -0.2) is 4.39 Å². The Kier molecular flexibility index (Phi) is 4.37. The summed E-state index contributed by atoms with van der Waals surface area (Å²) in [5.74, 6) is 0. The Labute approximate surface area is 66.4 Å². The summed E-state index contributed by atoms with van der Waals surface area (Å²) < 4.78 is 12.4. The van der Waals surface area contributed by atoms with Gasteiger partial charge in [0.25, 0.3) is 0 Å². The van der Waals surface area contributed by atoms with E-state index in [1.807, 2.05) is 0 Å². The Bertz CT molecular complexity index is 153. The molecule has 0 aliphatic heterocycles. The van der Waals surface area contributed by atoms with Crippen LogP contribution in [0.3, 0.4) is 0 Å². The van der Waals surface area contributed by atoms with Crippen LogP contribution in [0.2, 0.25) is 0 Å². The molecule has 0 saturated carbocycles. The average Bonchev–Trinajstić information content (AvgIpc) is 1.82. The minimum atomic E-state index is -0.882. The molecule has 0 saturated heterocycles. The van der Waals surface area contributed by atoms with E-state index in [4.69, 9.17) is 11.6 Å². The van der Waals surface area contributed by atoms with E-state index in [0.717, 1.165) is 0 Å². The first-order chi connectivity index (χ1) is 4.54. The molecule has 0 aromatic heterocycles. The third-order valence-electron chi connectivity index (χ3n) is 1.20. The number of rotatable bonds is 2. The van der Waals surface area contributed by atoms with Crippen molar-refractivity contribution in [1.29, 1.82) is 0 Å². The van der Waals surface area contributed by atoms with E-state index < -0.39 is 6.17 Å². The van der Waals surface area contributed by atoms with Crippen LogP contribution in [-0.4, -0.2) is 6.17 Å². The Balaban J connectivity index is 4.05. The lowest BCUT2D eigenvalue weighted by molar-refractivity contribution is 0.411. The van der Waals surface area contributed by atoms with Gasteiger partial charge in [0.1, 0.15) is 6.17 Å². The summed E-state index contributed by atoms with van der Waals surface area (Å²) in [6, 6.07) is 0. The molecule has 0 aromatic rings. The first-order valence-corrected chi connectivity index (χ1v) is 3.56. The molecule has 0 aliphatic rings. The van der Waals surface area contributed by atoms with Crippen LogP contribution >= 0.6 is 11.6 Å². The van der Waals surface area contributed by atoms with Gasteiger partial charge >= 0.3 is 0 Å². The number of alkyl halides is 1. The highest BCUT2D eigenvalue weighted by molar-refractivity contribution is 6.29. The van der Waals surface area contributed by atoms with Crippen molar-refractivity contribution in [1.82, 2.24) is 0 Å². The van der Waals surface area contributed by atoms with E-state index in [1.54, 1.807) is 26.0 Å². The summed E-state index contributed by atoms with van der Waals surface area (Å²) in [5, 5.41) is 0.667. The van der Waals surface area contributed by atoms with Gasteiger partial charge < -0.3 is 0 Å². The van der Waals surface area contributed by atoms with Gasteiger partial charge in [0.05, 0.1) is 0 Å². The number of halogens is 2. The zero-order valence-corrected chi connectivity index (χ0v) is 7.24. The lowest BCUT2D eigenvalue weighted by Crippen LogP contribution is -1.92. The molecule has 0 rings (SSSR count).